The van der Waals surface area contributed by atoms with Gasteiger partial charge in [0.15, 0.2) is 0 Å². The van der Waals surface area contributed by atoms with Crippen LogP contribution in [0.1, 0.15) is 30.0 Å². The average molecular weight is 287 g/mol. The largest absolute Gasteiger partial charge is 0.416 e. The molecule has 0 radical (unpaired) electrons. The summed E-state index contributed by atoms with van der Waals surface area (Å²) in [5.74, 6) is 0.851. The highest BCUT2D eigenvalue weighted by Crippen LogP contribution is 2.40. The van der Waals surface area contributed by atoms with Crippen LogP contribution >= 0.6 is 11.6 Å². The van der Waals surface area contributed by atoms with Gasteiger partial charge in [0.05, 0.1) is 10.6 Å². The summed E-state index contributed by atoms with van der Waals surface area (Å²) in [5.41, 5.74) is 0.517. The minimum Gasteiger partial charge on any atom is -0.342 e. The minimum atomic E-state index is -4.38. The lowest BCUT2D eigenvalue weighted by molar-refractivity contribution is -0.137. The lowest BCUT2D eigenvalue weighted by Crippen LogP contribution is -2.05. The topological polar surface area (TPSA) is 28.7 Å². The zero-order chi connectivity index (χ0) is 13.6. The number of aromatic amines is 1. The Balaban J connectivity index is 2.02. The maximum atomic E-state index is 12.7. The third-order valence-corrected chi connectivity index (χ3v) is 3.49. The first kappa shape index (κ1) is 12.5. The molecule has 1 aromatic heterocycles. The lowest BCUT2D eigenvalue weighted by Gasteiger charge is -2.09. The van der Waals surface area contributed by atoms with Crippen molar-refractivity contribution in [1.82, 2.24) is 9.97 Å². The number of aromatic nitrogens is 2. The van der Waals surface area contributed by atoms with Crippen molar-refractivity contribution in [2.75, 3.05) is 0 Å². The number of alkyl halides is 3. The molecule has 1 aliphatic rings. The van der Waals surface area contributed by atoms with Crippen molar-refractivity contribution in [3.05, 3.63) is 40.7 Å². The second-order valence-electron chi connectivity index (χ2n) is 4.65. The fraction of sp³-hybridized carbons (Fsp3) is 0.308. The fourth-order valence-corrected chi connectivity index (χ4v) is 2.16. The Morgan fingerprint density at radius 3 is 2.63 bits per heavy atom. The van der Waals surface area contributed by atoms with Crippen LogP contribution in [-0.2, 0) is 6.18 Å². The monoisotopic (exact) mass is 286 g/mol. The number of benzene rings is 1. The van der Waals surface area contributed by atoms with Crippen molar-refractivity contribution < 1.29 is 13.2 Å². The van der Waals surface area contributed by atoms with E-state index in [0.29, 0.717) is 11.7 Å². The summed E-state index contributed by atoms with van der Waals surface area (Å²) in [6.07, 6.45) is -0.523. The van der Waals surface area contributed by atoms with Crippen molar-refractivity contribution in [2.45, 2.75) is 24.9 Å². The van der Waals surface area contributed by atoms with Crippen LogP contribution in [0.5, 0.6) is 0 Å². The van der Waals surface area contributed by atoms with Crippen LogP contribution in [0, 0.1) is 0 Å². The van der Waals surface area contributed by atoms with Crippen molar-refractivity contribution >= 4 is 11.6 Å². The standard InChI is InChI=1S/C13H10ClF3N2/c14-10-4-3-8(13(15,16)17)5-9(10)12-18-6-11(19-12)7-1-2-7/h3-7H,1-2H2,(H,18,19). The molecule has 100 valence electrons. The molecular weight excluding hydrogens is 277 g/mol. The summed E-state index contributed by atoms with van der Waals surface area (Å²) >= 11 is 5.96. The molecule has 1 heterocycles. The zero-order valence-corrected chi connectivity index (χ0v) is 10.5. The lowest BCUT2D eigenvalue weighted by atomic mass is 10.1. The van der Waals surface area contributed by atoms with Gasteiger partial charge < -0.3 is 4.98 Å². The summed E-state index contributed by atoms with van der Waals surface area (Å²) in [5, 5.41) is 0.254. The van der Waals surface area contributed by atoms with E-state index in [4.69, 9.17) is 11.6 Å². The average Bonchev–Trinajstić information content (AvgIpc) is 3.07. The predicted octanol–water partition coefficient (Wildman–Crippen LogP) is 4.63. The molecule has 0 spiro atoms. The van der Waals surface area contributed by atoms with Gasteiger partial charge in [-0.25, -0.2) is 4.98 Å². The summed E-state index contributed by atoms with van der Waals surface area (Å²) in [7, 11) is 0. The Hall–Kier alpha value is -1.49. The number of nitrogens with one attached hydrogen (secondary N) is 1. The molecule has 1 aliphatic carbocycles. The van der Waals surface area contributed by atoms with Crippen LogP contribution in [0.2, 0.25) is 5.02 Å². The van der Waals surface area contributed by atoms with Crippen LogP contribution in [0.3, 0.4) is 0 Å². The Kier molecular flexibility index (Phi) is 2.82. The first-order valence-electron chi connectivity index (χ1n) is 5.87. The van der Waals surface area contributed by atoms with Crippen LogP contribution in [0.15, 0.2) is 24.4 Å². The van der Waals surface area contributed by atoms with Gasteiger partial charge in [0.25, 0.3) is 0 Å². The van der Waals surface area contributed by atoms with E-state index >= 15 is 0 Å². The summed E-state index contributed by atoms with van der Waals surface area (Å²) in [6.45, 7) is 0. The molecule has 0 unspecified atom stereocenters. The Morgan fingerprint density at radius 2 is 2.00 bits per heavy atom. The first-order valence-corrected chi connectivity index (χ1v) is 6.25. The summed E-state index contributed by atoms with van der Waals surface area (Å²) < 4.78 is 38.1. The van der Waals surface area contributed by atoms with Gasteiger partial charge >= 0.3 is 6.18 Å². The van der Waals surface area contributed by atoms with Crippen LogP contribution in [0.25, 0.3) is 11.4 Å². The molecule has 0 saturated heterocycles. The second kappa shape index (κ2) is 4.27. The number of imidazole rings is 1. The Morgan fingerprint density at radius 1 is 1.26 bits per heavy atom. The number of nitrogens with zero attached hydrogens (tertiary/aromatic N) is 1. The molecule has 3 rings (SSSR count). The third kappa shape index (κ3) is 2.47. The fourth-order valence-electron chi connectivity index (χ4n) is 1.96. The predicted molar refractivity (Wildman–Crippen MR) is 66.0 cm³/mol. The molecule has 1 N–H and O–H groups in total. The van der Waals surface area contributed by atoms with Crippen molar-refractivity contribution in [2.24, 2.45) is 0 Å². The molecule has 0 bridgehead atoms. The maximum Gasteiger partial charge on any atom is 0.416 e. The number of halogens is 4. The highest BCUT2D eigenvalue weighted by Gasteiger charge is 2.31. The molecular formula is C13H10ClF3N2. The smallest absolute Gasteiger partial charge is 0.342 e. The van der Waals surface area contributed by atoms with Crippen LogP contribution in [-0.4, -0.2) is 9.97 Å². The molecule has 0 aliphatic heterocycles. The van der Waals surface area contributed by atoms with Crippen molar-refractivity contribution in [3.8, 4) is 11.4 Å². The van der Waals surface area contributed by atoms with Gasteiger partial charge in [-0.1, -0.05) is 11.6 Å². The quantitative estimate of drug-likeness (QED) is 0.857. The highest BCUT2D eigenvalue weighted by molar-refractivity contribution is 6.33. The highest BCUT2D eigenvalue weighted by atomic mass is 35.5. The molecule has 1 aromatic carbocycles. The molecule has 19 heavy (non-hydrogen) atoms. The molecule has 2 aromatic rings. The minimum absolute atomic E-state index is 0.254. The van der Waals surface area contributed by atoms with E-state index in [1.165, 1.54) is 6.07 Å². The van der Waals surface area contributed by atoms with Crippen LogP contribution in [0.4, 0.5) is 13.2 Å². The summed E-state index contributed by atoms with van der Waals surface area (Å²) in [4.78, 5) is 7.17. The number of hydrogen-bond donors (Lipinski definition) is 1. The van der Waals surface area contributed by atoms with E-state index < -0.39 is 11.7 Å². The van der Waals surface area contributed by atoms with E-state index in [1.807, 2.05) is 0 Å². The van der Waals surface area contributed by atoms with E-state index in [2.05, 4.69) is 9.97 Å². The molecule has 1 fully saturated rings. The third-order valence-electron chi connectivity index (χ3n) is 3.16. The van der Waals surface area contributed by atoms with Gasteiger partial charge in [-0.2, -0.15) is 13.2 Å². The molecule has 2 nitrogen and oxygen atoms in total. The van der Waals surface area contributed by atoms with Crippen molar-refractivity contribution in [1.29, 1.82) is 0 Å². The Bertz CT molecular complexity index is 615. The maximum absolute atomic E-state index is 12.7. The van der Waals surface area contributed by atoms with E-state index in [-0.39, 0.29) is 10.6 Å². The van der Waals surface area contributed by atoms with E-state index in [0.717, 1.165) is 30.7 Å². The Labute approximate surface area is 112 Å². The van der Waals surface area contributed by atoms with Gasteiger partial charge in [0.2, 0.25) is 0 Å². The number of hydrogen-bond acceptors (Lipinski definition) is 1. The van der Waals surface area contributed by atoms with Gasteiger partial charge in [0, 0.05) is 23.4 Å². The van der Waals surface area contributed by atoms with Crippen molar-refractivity contribution in [3.63, 3.8) is 0 Å². The van der Waals surface area contributed by atoms with Gasteiger partial charge in [0.1, 0.15) is 5.82 Å². The second-order valence-corrected chi connectivity index (χ2v) is 5.06. The molecule has 0 atom stereocenters. The molecule has 1 saturated carbocycles. The number of rotatable bonds is 2. The normalized spacial score (nSPS) is 15.8. The van der Waals surface area contributed by atoms with E-state index in [1.54, 1.807) is 6.20 Å². The molecule has 0 amide bonds. The van der Waals surface area contributed by atoms with Gasteiger partial charge in [-0.15, -0.1) is 0 Å². The van der Waals surface area contributed by atoms with Gasteiger partial charge in [-0.05, 0) is 31.0 Å². The zero-order valence-electron chi connectivity index (χ0n) is 9.76. The first-order chi connectivity index (χ1) is 8.95. The van der Waals surface area contributed by atoms with Crippen LogP contribution < -0.4 is 0 Å². The summed E-state index contributed by atoms with van der Waals surface area (Å²) in [6, 6.07) is 3.24. The van der Waals surface area contributed by atoms with E-state index in [9.17, 15) is 13.2 Å². The van der Waals surface area contributed by atoms with Gasteiger partial charge in [-0.3, -0.25) is 0 Å². The SMILES string of the molecule is FC(F)(F)c1ccc(Cl)c(-c2ncc(C3CC3)[nH]2)c1. The molecule has 6 heteroatoms. The number of H-pyrrole nitrogens is 1.